The summed E-state index contributed by atoms with van der Waals surface area (Å²) in [5.74, 6) is 0.0627. The van der Waals surface area contributed by atoms with E-state index in [9.17, 15) is 4.79 Å². The molecule has 0 fully saturated rings. The lowest BCUT2D eigenvalue weighted by molar-refractivity contribution is -0.139. The van der Waals surface area contributed by atoms with Crippen molar-refractivity contribution < 1.29 is 14.3 Å². The maximum absolute atomic E-state index is 10.9. The first-order chi connectivity index (χ1) is 9.60. The van der Waals surface area contributed by atoms with Gasteiger partial charge in [0, 0.05) is 6.04 Å². The molecule has 0 bridgehead atoms. The van der Waals surface area contributed by atoms with Crippen LogP contribution in [0.4, 0.5) is 0 Å². The van der Waals surface area contributed by atoms with Crippen molar-refractivity contribution >= 4 is 17.3 Å². The van der Waals surface area contributed by atoms with Gasteiger partial charge in [-0.3, -0.25) is 9.69 Å². The second-order valence-corrected chi connectivity index (χ2v) is 5.48. The molecule has 2 aromatic rings. The molecule has 1 unspecified atom stereocenters. The molecule has 0 radical (unpaired) electrons. The molecule has 0 saturated heterocycles. The third kappa shape index (κ3) is 3.64. The summed E-state index contributed by atoms with van der Waals surface area (Å²) < 4.78 is 5.59. The molecule has 7 heteroatoms. The van der Waals surface area contributed by atoms with Crippen molar-refractivity contribution in [2.75, 3.05) is 6.54 Å². The van der Waals surface area contributed by atoms with Gasteiger partial charge in [0.2, 0.25) is 5.89 Å². The molecule has 0 spiro atoms. The van der Waals surface area contributed by atoms with E-state index in [-0.39, 0.29) is 12.6 Å². The minimum atomic E-state index is -0.858. The number of thiophene rings is 1. The highest BCUT2D eigenvalue weighted by molar-refractivity contribution is 7.13. The first-order valence-electron chi connectivity index (χ1n) is 6.42. The molecule has 2 rings (SSSR count). The van der Waals surface area contributed by atoms with Crippen LogP contribution in [0.25, 0.3) is 10.8 Å². The number of carboxylic acid groups (broad SMARTS) is 1. The van der Waals surface area contributed by atoms with Gasteiger partial charge in [-0.2, -0.15) is 0 Å². The number of hydrogen-bond acceptors (Lipinski definition) is 6. The second-order valence-electron chi connectivity index (χ2n) is 4.53. The van der Waals surface area contributed by atoms with Crippen LogP contribution in [-0.4, -0.2) is 38.8 Å². The third-order valence-corrected chi connectivity index (χ3v) is 3.95. The minimum Gasteiger partial charge on any atom is -0.480 e. The predicted octanol–water partition coefficient (Wildman–Crippen LogP) is 2.48. The number of hydrogen-bond donors (Lipinski definition) is 1. The second kappa shape index (κ2) is 6.62. The number of nitrogens with zero attached hydrogens (tertiary/aromatic N) is 3. The monoisotopic (exact) mass is 295 g/mol. The van der Waals surface area contributed by atoms with Crippen molar-refractivity contribution in [2.45, 2.75) is 32.9 Å². The van der Waals surface area contributed by atoms with Gasteiger partial charge in [0.1, 0.15) is 0 Å². The number of carboxylic acids is 1. The van der Waals surface area contributed by atoms with Crippen LogP contribution in [0.2, 0.25) is 0 Å². The fourth-order valence-corrected chi connectivity index (χ4v) is 2.43. The Morgan fingerprint density at radius 3 is 2.95 bits per heavy atom. The number of aliphatic carboxylic acids is 1. The average Bonchev–Trinajstić information content (AvgIpc) is 3.06. The highest BCUT2D eigenvalue weighted by atomic mass is 32.1. The smallest absolute Gasteiger partial charge is 0.317 e. The Morgan fingerprint density at radius 2 is 2.35 bits per heavy atom. The summed E-state index contributed by atoms with van der Waals surface area (Å²) in [6.45, 7) is 4.31. The molecular formula is C13H17N3O3S. The summed E-state index contributed by atoms with van der Waals surface area (Å²) in [4.78, 5) is 13.6. The SMILES string of the molecule is CCC(C)N(CC(=O)O)Cc1nnc(-c2cccs2)o1. The van der Waals surface area contributed by atoms with Crippen LogP contribution in [0.15, 0.2) is 21.9 Å². The van der Waals surface area contributed by atoms with Crippen LogP contribution in [-0.2, 0) is 11.3 Å². The molecule has 0 aliphatic carbocycles. The molecule has 1 atom stereocenters. The van der Waals surface area contributed by atoms with E-state index in [1.807, 2.05) is 36.3 Å². The normalized spacial score (nSPS) is 12.8. The number of aromatic nitrogens is 2. The Morgan fingerprint density at radius 1 is 1.55 bits per heavy atom. The lowest BCUT2D eigenvalue weighted by atomic mass is 10.2. The van der Waals surface area contributed by atoms with Crippen LogP contribution < -0.4 is 0 Å². The number of carbonyl (C=O) groups is 1. The Labute approximate surface area is 121 Å². The minimum absolute atomic E-state index is 0.0360. The molecule has 0 amide bonds. The molecule has 0 aromatic carbocycles. The van der Waals surface area contributed by atoms with Gasteiger partial charge in [-0.1, -0.05) is 13.0 Å². The Kier molecular flexibility index (Phi) is 4.86. The molecule has 2 heterocycles. The molecule has 2 aromatic heterocycles. The fourth-order valence-electron chi connectivity index (χ4n) is 1.79. The third-order valence-electron chi connectivity index (χ3n) is 3.09. The summed E-state index contributed by atoms with van der Waals surface area (Å²) in [7, 11) is 0. The van der Waals surface area contributed by atoms with E-state index in [1.165, 1.54) is 11.3 Å². The van der Waals surface area contributed by atoms with E-state index in [4.69, 9.17) is 9.52 Å². The average molecular weight is 295 g/mol. The maximum atomic E-state index is 10.9. The van der Waals surface area contributed by atoms with Gasteiger partial charge >= 0.3 is 5.97 Å². The highest BCUT2D eigenvalue weighted by Crippen LogP contribution is 2.23. The highest BCUT2D eigenvalue weighted by Gasteiger charge is 2.19. The van der Waals surface area contributed by atoms with Crippen molar-refractivity contribution in [1.29, 1.82) is 0 Å². The molecule has 6 nitrogen and oxygen atoms in total. The van der Waals surface area contributed by atoms with Crippen LogP contribution in [0, 0.1) is 0 Å². The predicted molar refractivity (Wildman–Crippen MR) is 75.4 cm³/mol. The van der Waals surface area contributed by atoms with Crippen LogP contribution >= 0.6 is 11.3 Å². The van der Waals surface area contributed by atoms with E-state index in [1.54, 1.807) is 0 Å². The zero-order valence-corrected chi connectivity index (χ0v) is 12.3. The van der Waals surface area contributed by atoms with Crippen LogP contribution in [0.1, 0.15) is 26.2 Å². The van der Waals surface area contributed by atoms with Gasteiger partial charge in [-0.05, 0) is 24.8 Å². The lowest BCUT2D eigenvalue weighted by Crippen LogP contribution is -2.36. The fraction of sp³-hybridized carbons (Fsp3) is 0.462. The molecule has 0 saturated carbocycles. The lowest BCUT2D eigenvalue weighted by Gasteiger charge is -2.24. The summed E-state index contributed by atoms with van der Waals surface area (Å²) in [6.07, 6.45) is 0.860. The molecule has 108 valence electrons. The van der Waals surface area contributed by atoms with Crippen molar-refractivity contribution in [2.24, 2.45) is 0 Å². The van der Waals surface area contributed by atoms with Crippen molar-refractivity contribution in [1.82, 2.24) is 15.1 Å². The van der Waals surface area contributed by atoms with Crippen molar-refractivity contribution in [3.63, 3.8) is 0 Å². The topological polar surface area (TPSA) is 79.5 Å². The van der Waals surface area contributed by atoms with Crippen molar-refractivity contribution in [3.8, 4) is 10.8 Å². The molecule has 1 N–H and O–H groups in total. The number of rotatable bonds is 7. The van der Waals surface area contributed by atoms with Crippen LogP contribution in [0.5, 0.6) is 0 Å². The molecule has 0 aliphatic rings. The van der Waals surface area contributed by atoms with Gasteiger partial charge in [-0.25, -0.2) is 0 Å². The van der Waals surface area contributed by atoms with Crippen molar-refractivity contribution in [3.05, 3.63) is 23.4 Å². The van der Waals surface area contributed by atoms with E-state index in [0.717, 1.165) is 11.3 Å². The molecule has 20 heavy (non-hydrogen) atoms. The Bertz CT molecular complexity index is 553. The zero-order chi connectivity index (χ0) is 14.5. The van der Waals surface area contributed by atoms with Gasteiger partial charge in [0.15, 0.2) is 0 Å². The van der Waals surface area contributed by atoms with E-state index < -0.39 is 5.97 Å². The quantitative estimate of drug-likeness (QED) is 0.845. The first kappa shape index (κ1) is 14.7. The Hall–Kier alpha value is -1.73. The molecular weight excluding hydrogens is 278 g/mol. The standard InChI is InChI=1S/C13H17N3O3S/c1-3-9(2)16(8-12(17)18)7-11-14-15-13(19-11)10-5-4-6-20-10/h4-6,9H,3,7-8H2,1-2H3,(H,17,18). The molecule has 0 aliphatic heterocycles. The maximum Gasteiger partial charge on any atom is 0.317 e. The summed E-state index contributed by atoms with van der Waals surface area (Å²) >= 11 is 1.53. The van der Waals surface area contributed by atoms with Gasteiger partial charge in [0.25, 0.3) is 5.89 Å². The van der Waals surface area contributed by atoms with E-state index >= 15 is 0 Å². The van der Waals surface area contributed by atoms with Gasteiger partial charge in [0.05, 0.1) is 18.0 Å². The first-order valence-corrected chi connectivity index (χ1v) is 7.30. The van der Waals surface area contributed by atoms with E-state index in [2.05, 4.69) is 10.2 Å². The largest absolute Gasteiger partial charge is 0.480 e. The summed E-state index contributed by atoms with van der Waals surface area (Å²) in [5, 5.41) is 18.9. The van der Waals surface area contributed by atoms with Crippen LogP contribution in [0.3, 0.4) is 0 Å². The van der Waals surface area contributed by atoms with Gasteiger partial charge in [-0.15, -0.1) is 21.5 Å². The van der Waals surface area contributed by atoms with Gasteiger partial charge < -0.3 is 9.52 Å². The summed E-state index contributed by atoms with van der Waals surface area (Å²) in [5.41, 5.74) is 0. The Balaban J connectivity index is 2.08. The zero-order valence-electron chi connectivity index (χ0n) is 11.4. The van der Waals surface area contributed by atoms with E-state index in [0.29, 0.717) is 18.3 Å². The summed E-state index contributed by atoms with van der Waals surface area (Å²) in [6, 6.07) is 3.97.